The molecule has 0 aliphatic carbocycles. The zero-order valence-corrected chi connectivity index (χ0v) is 11.7. The average Bonchev–Trinajstić information content (AvgIpc) is 2.67. The summed E-state index contributed by atoms with van der Waals surface area (Å²) in [6.07, 6.45) is 2.73. The van der Waals surface area contributed by atoms with E-state index < -0.39 is 0 Å². The van der Waals surface area contributed by atoms with Gasteiger partial charge in [-0.05, 0) is 13.3 Å². The first-order valence-electron chi connectivity index (χ1n) is 6.61. The lowest BCUT2D eigenvalue weighted by molar-refractivity contribution is 0.238. The van der Waals surface area contributed by atoms with Gasteiger partial charge >= 0.3 is 0 Å². The number of hydrogen-bond donors (Lipinski definition) is 2. The fourth-order valence-electron chi connectivity index (χ4n) is 2.59. The number of aryl methyl sites for hydroxylation is 2. The third-order valence-corrected chi connectivity index (χ3v) is 3.71. The van der Waals surface area contributed by atoms with Crippen LogP contribution in [-0.4, -0.2) is 31.0 Å². The highest BCUT2D eigenvalue weighted by Crippen LogP contribution is 2.16. The molecule has 0 bridgehead atoms. The maximum absolute atomic E-state index is 11.8. The summed E-state index contributed by atoms with van der Waals surface area (Å²) < 4.78 is 2.01. The fraction of sp³-hybridized carbons (Fsp3) is 0.462. The molecule has 0 amide bonds. The van der Waals surface area contributed by atoms with E-state index in [1.807, 2.05) is 24.7 Å². The van der Waals surface area contributed by atoms with Crippen LogP contribution in [0, 0.1) is 6.92 Å². The largest absolute Gasteiger partial charge is 0.369 e. The minimum absolute atomic E-state index is 0.110. The second kappa shape index (κ2) is 4.75. The quantitative estimate of drug-likeness (QED) is 0.801. The van der Waals surface area contributed by atoms with Crippen molar-refractivity contribution >= 4 is 5.95 Å². The van der Waals surface area contributed by atoms with Crippen molar-refractivity contribution in [2.45, 2.75) is 26.4 Å². The molecule has 3 heterocycles. The minimum Gasteiger partial charge on any atom is -0.369 e. The predicted molar refractivity (Wildman–Crippen MR) is 75.0 cm³/mol. The van der Waals surface area contributed by atoms with Crippen LogP contribution in [0.5, 0.6) is 0 Å². The second-order valence-electron chi connectivity index (χ2n) is 5.23. The van der Waals surface area contributed by atoms with Gasteiger partial charge in [0.2, 0.25) is 5.95 Å². The maximum atomic E-state index is 11.8. The van der Waals surface area contributed by atoms with Gasteiger partial charge < -0.3 is 10.3 Å². The predicted octanol–water partition coefficient (Wildman–Crippen LogP) is -0.0477. The molecule has 2 aromatic heterocycles. The number of nitrogens with two attached hydrogens (primary N) is 1. The van der Waals surface area contributed by atoms with Gasteiger partial charge in [0.25, 0.3) is 5.56 Å². The third-order valence-electron chi connectivity index (χ3n) is 3.71. The molecule has 106 valence electrons. The topological polar surface area (TPSA) is 92.8 Å². The van der Waals surface area contributed by atoms with Gasteiger partial charge in [0.15, 0.2) is 0 Å². The van der Waals surface area contributed by atoms with E-state index in [4.69, 9.17) is 5.73 Å². The van der Waals surface area contributed by atoms with E-state index in [0.29, 0.717) is 13.0 Å². The summed E-state index contributed by atoms with van der Waals surface area (Å²) in [4.78, 5) is 25.3. The minimum atomic E-state index is -0.110. The smallest absolute Gasteiger partial charge is 0.255 e. The Morgan fingerprint density at radius 3 is 2.95 bits per heavy atom. The van der Waals surface area contributed by atoms with Crippen molar-refractivity contribution < 1.29 is 0 Å². The molecule has 2 aromatic rings. The van der Waals surface area contributed by atoms with Crippen LogP contribution >= 0.6 is 0 Å². The number of nitrogen functional groups attached to an aromatic ring is 1. The number of nitrogens with zero attached hydrogens (tertiary/aromatic N) is 4. The van der Waals surface area contributed by atoms with E-state index in [9.17, 15) is 4.79 Å². The molecule has 3 N–H and O–H groups in total. The van der Waals surface area contributed by atoms with E-state index in [0.717, 1.165) is 35.9 Å². The number of anilines is 1. The Balaban J connectivity index is 1.80. The van der Waals surface area contributed by atoms with Crippen LogP contribution in [0.15, 0.2) is 11.0 Å². The fourth-order valence-corrected chi connectivity index (χ4v) is 2.59. The Morgan fingerprint density at radius 2 is 2.25 bits per heavy atom. The van der Waals surface area contributed by atoms with Crippen molar-refractivity contribution in [3.63, 3.8) is 0 Å². The number of fused-ring (bicyclic) bond motifs is 1. The summed E-state index contributed by atoms with van der Waals surface area (Å²) in [5.41, 5.74) is 8.07. The normalized spacial score (nSPS) is 15.3. The molecule has 0 aromatic carbocycles. The Morgan fingerprint density at radius 1 is 1.45 bits per heavy atom. The van der Waals surface area contributed by atoms with Crippen LogP contribution in [0.3, 0.4) is 0 Å². The summed E-state index contributed by atoms with van der Waals surface area (Å²) in [6.45, 7) is 4.21. The Labute approximate surface area is 116 Å². The van der Waals surface area contributed by atoms with Crippen LogP contribution in [0.4, 0.5) is 5.95 Å². The molecule has 3 rings (SSSR count). The summed E-state index contributed by atoms with van der Waals surface area (Å²) in [7, 11) is 1.99. The number of nitrogens with one attached hydrogen (secondary N) is 1. The van der Waals surface area contributed by atoms with Gasteiger partial charge in [-0.25, -0.2) is 9.97 Å². The highest BCUT2D eigenvalue weighted by Gasteiger charge is 2.21. The van der Waals surface area contributed by atoms with Crippen molar-refractivity contribution in [1.82, 2.24) is 24.4 Å². The SMILES string of the molecule is Cc1nc(CN2CCc3c(nc(N)[nH]c3=O)C2)cn1C. The van der Waals surface area contributed by atoms with Gasteiger partial charge in [-0.3, -0.25) is 14.7 Å². The molecular weight excluding hydrogens is 256 g/mol. The highest BCUT2D eigenvalue weighted by atomic mass is 16.1. The van der Waals surface area contributed by atoms with Gasteiger partial charge in [-0.1, -0.05) is 0 Å². The molecule has 7 heteroatoms. The maximum Gasteiger partial charge on any atom is 0.255 e. The van der Waals surface area contributed by atoms with Crippen LogP contribution in [0.25, 0.3) is 0 Å². The second-order valence-corrected chi connectivity index (χ2v) is 5.23. The molecule has 20 heavy (non-hydrogen) atoms. The van der Waals surface area contributed by atoms with E-state index in [1.165, 1.54) is 0 Å². The number of aromatic amines is 1. The highest BCUT2D eigenvalue weighted by molar-refractivity contribution is 5.27. The third kappa shape index (κ3) is 2.32. The lowest BCUT2D eigenvalue weighted by atomic mass is 10.1. The van der Waals surface area contributed by atoms with E-state index in [-0.39, 0.29) is 11.5 Å². The summed E-state index contributed by atoms with van der Waals surface area (Å²) in [5, 5.41) is 0. The van der Waals surface area contributed by atoms with Crippen molar-refractivity contribution in [2.75, 3.05) is 12.3 Å². The first kappa shape index (κ1) is 12.9. The number of H-pyrrole nitrogens is 1. The van der Waals surface area contributed by atoms with Gasteiger partial charge in [0.05, 0.1) is 11.4 Å². The molecule has 0 atom stereocenters. The first-order chi connectivity index (χ1) is 9.52. The number of hydrogen-bond acceptors (Lipinski definition) is 5. The Kier molecular flexibility index (Phi) is 3.06. The van der Waals surface area contributed by atoms with E-state index >= 15 is 0 Å². The van der Waals surface area contributed by atoms with E-state index in [1.54, 1.807) is 0 Å². The molecule has 1 aliphatic rings. The Bertz CT molecular complexity index is 682. The molecule has 0 fully saturated rings. The Hall–Kier alpha value is -2.15. The number of imidazole rings is 1. The van der Waals surface area contributed by atoms with Gasteiger partial charge in [0.1, 0.15) is 5.82 Å². The van der Waals surface area contributed by atoms with Crippen LogP contribution in [-0.2, 0) is 26.6 Å². The average molecular weight is 274 g/mol. The molecule has 7 nitrogen and oxygen atoms in total. The van der Waals surface area contributed by atoms with Crippen molar-refractivity contribution in [1.29, 1.82) is 0 Å². The molecule has 0 unspecified atom stereocenters. The number of aromatic nitrogens is 4. The molecule has 0 radical (unpaired) electrons. The lowest BCUT2D eigenvalue weighted by Gasteiger charge is -2.26. The standard InChI is InChI=1S/C13H18N6O/c1-8-15-9(5-18(8)2)6-19-4-3-10-11(7-19)16-13(14)17-12(10)20/h5H,3-4,6-7H2,1-2H3,(H3,14,16,17,20). The molecular formula is C13H18N6O. The summed E-state index contributed by atoms with van der Waals surface area (Å²) in [6, 6.07) is 0. The molecule has 1 aliphatic heterocycles. The van der Waals surface area contributed by atoms with Crippen LogP contribution < -0.4 is 11.3 Å². The first-order valence-corrected chi connectivity index (χ1v) is 6.61. The number of rotatable bonds is 2. The van der Waals surface area contributed by atoms with Crippen LogP contribution in [0.1, 0.15) is 22.8 Å². The van der Waals surface area contributed by atoms with Gasteiger partial charge in [0, 0.05) is 38.4 Å². The molecule has 0 spiro atoms. The lowest BCUT2D eigenvalue weighted by Crippen LogP contribution is -2.35. The summed E-state index contributed by atoms with van der Waals surface area (Å²) >= 11 is 0. The van der Waals surface area contributed by atoms with Crippen LogP contribution in [0.2, 0.25) is 0 Å². The van der Waals surface area contributed by atoms with Crippen molar-refractivity contribution in [3.05, 3.63) is 39.3 Å². The van der Waals surface area contributed by atoms with Gasteiger partial charge in [-0.2, -0.15) is 0 Å². The molecule has 0 saturated carbocycles. The van der Waals surface area contributed by atoms with Crippen molar-refractivity contribution in [2.24, 2.45) is 7.05 Å². The van der Waals surface area contributed by atoms with Crippen molar-refractivity contribution in [3.8, 4) is 0 Å². The monoisotopic (exact) mass is 274 g/mol. The van der Waals surface area contributed by atoms with Gasteiger partial charge in [-0.15, -0.1) is 0 Å². The van der Waals surface area contributed by atoms with E-state index in [2.05, 4.69) is 19.9 Å². The summed E-state index contributed by atoms with van der Waals surface area (Å²) in [5.74, 6) is 1.18. The zero-order valence-electron chi connectivity index (χ0n) is 11.7. The molecule has 0 saturated heterocycles. The zero-order chi connectivity index (χ0) is 14.3.